The van der Waals surface area contributed by atoms with Gasteiger partial charge < -0.3 is 24.0 Å². The van der Waals surface area contributed by atoms with Crippen LogP contribution in [0.25, 0.3) is 11.2 Å². The van der Waals surface area contributed by atoms with Crippen LogP contribution in [-0.2, 0) is 24.8 Å². The molecule has 0 bridgehead atoms. The molecule has 0 aliphatic carbocycles. The van der Waals surface area contributed by atoms with Crippen LogP contribution in [0.3, 0.4) is 0 Å². The van der Waals surface area contributed by atoms with Gasteiger partial charge in [-0.3, -0.25) is 14.3 Å². The zero-order valence-corrected chi connectivity index (χ0v) is 17.7. The number of aromatic amines is 1. The Labute approximate surface area is 178 Å². The van der Waals surface area contributed by atoms with Gasteiger partial charge in [0.05, 0.1) is 19.8 Å². The first kappa shape index (κ1) is 21.1. The van der Waals surface area contributed by atoms with Crippen LogP contribution in [-0.4, -0.2) is 63.2 Å². The van der Waals surface area contributed by atoms with Crippen molar-refractivity contribution in [2.45, 2.75) is 26.0 Å². The molecule has 0 unspecified atom stereocenters. The van der Waals surface area contributed by atoms with E-state index in [1.165, 1.54) is 10.1 Å². The number of fused-ring (bicyclic) bond motifs is 1. The lowest BCUT2D eigenvalue weighted by atomic mass is 10.2. The molecule has 2 aromatic heterocycles. The molecular formula is C21H27N5O5. The standard InChI is InChI=1S/C21H27N5O5/c1-3-14-4-6-16(7-5-14)31-13-15(27)12-26-17-18(24(2)21(29)23-19(17)28)22-20(26)25-8-10-30-11-9-25/h4-7,15,27H,3,8-13H2,1-2H3,(H,23,28,29)/t15-/m1/s1. The molecule has 1 saturated heterocycles. The number of imidazole rings is 1. The zero-order valence-electron chi connectivity index (χ0n) is 17.7. The van der Waals surface area contributed by atoms with E-state index in [2.05, 4.69) is 16.9 Å². The van der Waals surface area contributed by atoms with Crippen molar-refractivity contribution in [1.82, 2.24) is 19.1 Å². The van der Waals surface area contributed by atoms with E-state index in [1.807, 2.05) is 29.2 Å². The second-order valence-electron chi connectivity index (χ2n) is 7.57. The van der Waals surface area contributed by atoms with Crippen molar-refractivity contribution in [2.75, 3.05) is 37.8 Å². The van der Waals surface area contributed by atoms with Gasteiger partial charge in [-0.05, 0) is 24.1 Å². The van der Waals surface area contributed by atoms with Gasteiger partial charge in [-0.1, -0.05) is 19.1 Å². The normalized spacial score (nSPS) is 15.4. The van der Waals surface area contributed by atoms with E-state index >= 15 is 0 Å². The smallest absolute Gasteiger partial charge is 0.329 e. The Hall–Kier alpha value is -3.11. The number of hydrogen-bond donors (Lipinski definition) is 2. The first-order valence-corrected chi connectivity index (χ1v) is 10.4. The van der Waals surface area contributed by atoms with Crippen LogP contribution in [0, 0.1) is 0 Å². The number of aliphatic hydroxyl groups excluding tert-OH is 1. The number of aliphatic hydroxyl groups is 1. The van der Waals surface area contributed by atoms with Crippen molar-refractivity contribution in [1.29, 1.82) is 0 Å². The lowest BCUT2D eigenvalue weighted by Gasteiger charge is -2.28. The number of benzene rings is 1. The summed E-state index contributed by atoms with van der Waals surface area (Å²) in [5, 5.41) is 10.7. The number of aromatic nitrogens is 4. The monoisotopic (exact) mass is 429 g/mol. The van der Waals surface area contributed by atoms with Crippen molar-refractivity contribution in [3.05, 3.63) is 50.7 Å². The van der Waals surface area contributed by atoms with Crippen molar-refractivity contribution in [2.24, 2.45) is 7.05 Å². The second-order valence-corrected chi connectivity index (χ2v) is 7.57. The Bertz CT molecular complexity index is 1160. The number of hydrogen-bond acceptors (Lipinski definition) is 7. The molecule has 4 rings (SSSR count). The Morgan fingerprint density at radius 2 is 1.94 bits per heavy atom. The minimum Gasteiger partial charge on any atom is -0.491 e. The number of rotatable bonds is 7. The molecule has 1 aliphatic heterocycles. The highest BCUT2D eigenvalue weighted by Crippen LogP contribution is 2.21. The van der Waals surface area contributed by atoms with Gasteiger partial charge in [-0.2, -0.15) is 4.98 Å². The fourth-order valence-corrected chi connectivity index (χ4v) is 3.68. The highest BCUT2D eigenvalue weighted by atomic mass is 16.5. The van der Waals surface area contributed by atoms with Gasteiger partial charge in [0.15, 0.2) is 11.2 Å². The van der Waals surface area contributed by atoms with Crippen LogP contribution in [0.15, 0.2) is 33.9 Å². The quantitative estimate of drug-likeness (QED) is 0.554. The maximum atomic E-state index is 12.6. The lowest BCUT2D eigenvalue weighted by molar-refractivity contribution is 0.0927. The summed E-state index contributed by atoms with van der Waals surface area (Å²) in [4.78, 5) is 33.5. The van der Waals surface area contributed by atoms with Gasteiger partial charge in [0.25, 0.3) is 5.56 Å². The molecule has 3 heterocycles. The molecular weight excluding hydrogens is 402 g/mol. The molecule has 10 heteroatoms. The molecule has 0 spiro atoms. The van der Waals surface area contributed by atoms with Crippen molar-refractivity contribution in [3.63, 3.8) is 0 Å². The van der Waals surface area contributed by atoms with E-state index < -0.39 is 17.4 Å². The fraction of sp³-hybridized carbons (Fsp3) is 0.476. The SMILES string of the molecule is CCc1ccc(OC[C@H](O)Cn2c(N3CCOCC3)nc3c2c(=O)[nH]c(=O)n3C)cc1. The Balaban J connectivity index is 1.62. The predicted octanol–water partition coefficient (Wildman–Crippen LogP) is 0.262. The van der Waals surface area contributed by atoms with Crippen LogP contribution in [0.5, 0.6) is 5.75 Å². The van der Waals surface area contributed by atoms with Gasteiger partial charge in [0.1, 0.15) is 18.5 Å². The predicted molar refractivity (Wildman–Crippen MR) is 116 cm³/mol. The molecule has 166 valence electrons. The van der Waals surface area contributed by atoms with Crippen LogP contribution >= 0.6 is 0 Å². The average Bonchev–Trinajstić information content (AvgIpc) is 3.17. The van der Waals surface area contributed by atoms with E-state index in [0.717, 1.165) is 6.42 Å². The Morgan fingerprint density at radius 3 is 2.61 bits per heavy atom. The third kappa shape index (κ3) is 4.35. The molecule has 1 fully saturated rings. The highest BCUT2D eigenvalue weighted by Gasteiger charge is 2.24. The van der Waals surface area contributed by atoms with Crippen LogP contribution in [0.1, 0.15) is 12.5 Å². The lowest BCUT2D eigenvalue weighted by Crippen LogP contribution is -2.39. The molecule has 0 amide bonds. The molecule has 3 aromatic rings. The van der Waals surface area contributed by atoms with E-state index in [4.69, 9.17) is 9.47 Å². The number of morpholine rings is 1. The highest BCUT2D eigenvalue weighted by molar-refractivity contribution is 5.74. The van der Waals surface area contributed by atoms with Crippen molar-refractivity contribution >= 4 is 17.1 Å². The summed E-state index contributed by atoms with van der Waals surface area (Å²) in [5.41, 5.74) is 0.662. The molecule has 2 N–H and O–H groups in total. The summed E-state index contributed by atoms with van der Waals surface area (Å²) in [6.07, 6.45) is 0.0532. The van der Waals surface area contributed by atoms with E-state index in [0.29, 0.717) is 38.0 Å². The molecule has 10 nitrogen and oxygen atoms in total. The maximum absolute atomic E-state index is 12.6. The largest absolute Gasteiger partial charge is 0.491 e. The van der Waals surface area contributed by atoms with Crippen LogP contribution in [0.2, 0.25) is 0 Å². The Kier molecular flexibility index (Phi) is 6.10. The number of H-pyrrole nitrogens is 1. The van der Waals surface area contributed by atoms with Gasteiger partial charge in [0.2, 0.25) is 5.95 Å². The van der Waals surface area contributed by atoms with Gasteiger partial charge >= 0.3 is 5.69 Å². The minimum atomic E-state index is -0.889. The minimum absolute atomic E-state index is 0.0529. The van der Waals surface area contributed by atoms with Crippen LogP contribution in [0.4, 0.5) is 5.95 Å². The number of aryl methyl sites for hydroxylation is 2. The average molecular weight is 429 g/mol. The van der Waals surface area contributed by atoms with Gasteiger partial charge in [-0.25, -0.2) is 4.79 Å². The number of nitrogens with one attached hydrogen (secondary N) is 1. The van der Waals surface area contributed by atoms with Crippen LogP contribution < -0.4 is 20.9 Å². The summed E-state index contributed by atoms with van der Waals surface area (Å²) in [6, 6.07) is 7.72. The summed E-state index contributed by atoms with van der Waals surface area (Å²) in [5.74, 6) is 1.19. The number of ether oxygens (including phenoxy) is 2. The summed E-state index contributed by atoms with van der Waals surface area (Å²) >= 11 is 0. The first-order valence-electron chi connectivity index (χ1n) is 10.4. The molecule has 1 atom stereocenters. The summed E-state index contributed by atoms with van der Waals surface area (Å²) < 4.78 is 14.1. The van der Waals surface area contributed by atoms with Crippen molar-refractivity contribution < 1.29 is 14.6 Å². The molecule has 0 saturated carbocycles. The topological polar surface area (TPSA) is 115 Å². The second kappa shape index (κ2) is 8.94. The van der Waals surface area contributed by atoms with E-state index in [-0.39, 0.29) is 24.3 Å². The third-order valence-corrected chi connectivity index (χ3v) is 5.45. The first-order chi connectivity index (χ1) is 15.0. The van der Waals surface area contributed by atoms with Gasteiger partial charge in [0, 0.05) is 20.1 Å². The summed E-state index contributed by atoms with van der Waals surface area (Å²) in [7, 11) is 1.56. The third-order valence-electron chi connectivity index (χ3n) is 5.45. The number of nitrogens with zero attached hydrogens (tertiary/aromatic N) is 4. The molecule has 1 aliphatic rings. The van der Waals surface area contributed by atoms with Gasteiger partial charge in [-0.15, -0.1) is 0 Å². The molecule has 1 aromatic carbocycles. The molecule has 0 radical (unpaired) electrons. The van der Waals surface area contributed by atoms with Crippen molar-refractivity contribution in [3.8, 4) is 5.75 Å². The van der Waals surface area contributed by atoms with E-state index in [1.54, 1.807) is 11.6 Å². The van der Waals surface area contributed by atoms with E-state index in [9.17, 15) is 14.7 Å². The zero-order chi connectivity index (χ0) is 22.0. The Morgan fingerprint density at radius 1 is 1.23 bits per heavy atom. The fourth-order valence-electron chi connectivity index (χ4n) is 3.68. The number of anilines is 1. The summed E-state index contributed by atoms with van der Waals surface area (Å²) in [6.45, 7) is 4.51. The molecule has 31 heavy (non-hydrogen) atoms. The maximum Gasteiger partial charge on any atom is 0.329 e.